The summed E-state index contributed by atoms with van der Waals surface area (Å²) in [5, 5.41) is 7.81. The number of rotatable bonds is 10. The molecule has 2 aliphatic heterocycles. The third-order valence-electron chi connectivity index (χ3n) is 5.88. The van der Waals surface area contributed by atoms with Gasteiger partial charge in [0.1, 0.15) is 22.8 Å². The van der Waals surface area contributed by atoms with Crippen LogP contribution in [0.5, 0.6) is 11.5 Å². The van der Waals surface area contributed by atoms with Crippen molar-refractivity contribution in [3.05, 3.63) is 40.4 Å². The minimum absolute atomic E-state index is 0.0341. The average molecular weight is 527 g/mol. The first-order valence-electron chi connectivity index (χ1n) is 11.8. The number of oxime groups is 1. The van der Waals surface area contributed by atoms with Gasteiger partial charge in [-0.05, 0) is 30.7 Å². The summed E-state index contributed by atoms with van der Waals surface area (Å²) in [7, 11) is 1.57. The first-order valence-corrected chi connectivity index (χ1v) is 12.6. The zero-order chi connectivity index (χ0) is 25.8. The van der Waals surface area contributed by atoms with E-state index in [-0.39, 0.29) is 31.2 Å². The molecular formula is C24H26N6O6S. The number of aromatic nitrogens is 2. The van der Waals surface area contributed by atoms with E-state index in [0.717, 1.165) is 6.42 Å². The monoisotopic (exact) mass is 526 g/mol. The Bertz CT molecular complexity index is 1360. The van der Waals surface area contributed by atoms with Gasteiger partial charge in [0.05, 0.1) is 18.0 Å². The van der Waals surface area contributed by atoms with Crippen LogP contribution in [0.3, 0.4) is 0 Å². The summed E-state index contributed by atoms with van der Waals surface area (Å²) in [5.74, 6) is 1.08. The number of nitrogens with two attached hydrogens (primary N) is 1. The van der Waals surface area contributed by atoms with Gasteiger partial charge >= 0.3 is 0 Å². The molecule has 1 fully saturated rings. The SMILES string of the molecule is COCCNC(=O)c1cc2c(/C(=N\OCCN3CCCC3=O)c3ccc4c(c3)OCO4)nc(N)nc2s1. The van der Waals surface area contributed by atoms with Crippen LogP contribution < -0.4 is 20.5 Å². The lowest BCUT2D eigenvalue weighted by Crippen LogP contribution is -2.28. The lowest BCUT2D eigenvalue weighted by atomic mass is 10.0. The molecule has 0 aliphatic carbocycles. The molecule has 1 saturated heterocycles. The van der Waals surface area contributed by atoms with Gasteiger partial charge in [0.2, 0.25) is 18.6 Å². The number of nitrogen functional groups attached to an aromatic ring is 1. The van der Waals surface area contributed by atoms with Crippen molar-refractivity contribution in [3.63, 3.8) is 0 Å². The van der Waals surface area contributed by atoms with Crippen LogP contribution in [0.2, 0.25) is 0 Å². The van der Waals surface area contributed by atoms with Crippen LogP contribution in [0.25, 0.3) is 10.2 Å². The van der Waals surface area contributed by atoms with Crippen molar-refractivity contribution in [3.8, 4) is 11.5 Å². The van der Waals surface area contributed by atoms with Crippen LogP contribution in [0, 0.1) is 0 Å². The third kappa shape index (κ3) is 5.42. The maximum Gasteiger partial charge on any atom is 0.261 e. The number of hydrogen-bond acceptors (Lipinski definition) is 11. The van der Waals surface area contributed by atoms with Crippen LogP contribution in [0.1, 0.15) is 33.8 Å². The number of methoxy groups -OCH3 is 1. The van der Waals surface area contributed by atoms with E-state index in [4.69, 9.17) is 24.8 Å². The zero-order valence-corrected chi connectivity index (χ0v) is 21.0. The fourth-order valence-corrected chi connectivity index (χ4v) is 5.02. The second-order valence-electron chi connectivity index (χ2n) is 8.33. The number of benzene rings is 1. The normalized spacial score (nSPS) is 15.0. The fraction of sp³-hybridized carbons (Fsp3) is 0.375. The topological polar surface area (TPSA) is 150 Å². The number of carbonyl (C=O) groups excluding carboxylic acids is 2. The van der Waals surface area contributed by atoms with E-state index in [0.29, 0.717) is 76.2 Å². The van der Waals surface area contributed by atoms with E-state index >= 15 is 0 Å². The lowest BCUT2D eigenvalue weighted by Gasteiger charge is -2.14. The number of amides is 2. The summed E-state index contributed by atoms with van der Waals surface area (Å²) in [4.78, 5) is 41.8. The molecule has 0 spiro atoms. The van der Waals surface area contributed by atoms with Crippen molar-refractivity contribution in [1.29, 1.82) is 0 Å². The summed E-state index contributed by atoms with van der Waals surface area (Å²) >= 11 is 1.20. The quantitative estimate of drug-likeness (QED) is 0.229. The van der Waals surface area contributed by atoms with Crippen molar-refractivity contribution in [2.75, 3.05) is 52.5 Å². The Morgan fingerprint density at radius 3 is 2.92 bits per heavy atom. The number of nitrogens with one attached hydrogen (secondary N) is 1. The van der Waals surface area contributed by atoms with Crippen molar-refractivity contribution in [1.82, 2.24) is 20.2 Å². The standard InChI is InChI=1S/C24H26N6O6S/c1-33-9-6-26-22(32)18-12-15-21(27-24(25)28-23(15)37-18)20(14-4-5-16-17(11-14)35-13-34-16)29-36-10-8-30-7-2-3-19(30)31/h4-5,11-12H,2-3,6-10,13H2,1H3,(H,26,32)(H2,25,27,28)/b29-20-. The molecule has 3 N–H and O–H groups in total. The molecule has 0 atom stereocenters. The molecule has 5 rings (SSSR count). The van der Waals surface area contributed by atoms with Crippen molar-refractivity contribution in [2.24, 2.45) is 5.16 Å². The molecule has 0 saturated carbocycles. The largest absolute Gasteiger partial charge is 0.454 e. The van der Waals surface area contributed by atoms with Gasteiger partial charge in [-0.25, -0.2) is 9.97 Å². The molecule has 2 amide bonds. The zero-order valence-electron chi connectivity index (χ0n) is 20.2. The molecule has 0 unspecified atom stereocenters. The molecule has 37 heavy (non-hydrogen) atoms. The van der Waals surface area contributed by atoms with Gasteiger partial charge in [0.15, 0.2) is 11.5 Å². The van der Waals surface area contributed by atoms with Gasteiger partial charge in [-0.2, -0.15) is 0 Å². The number of anilines is 1. The summed E-state index contributed by atoms with van der Waals surface area (Å²) in [6.45, 7) is 2.26. The summed E-state index contributed by atoms with van der Waals surface area (Å²) in [5.41, 5.74) is 7.49. The molecule has 4 heterocycles. The highest BCUT2D eigenvalue weighted by Crippen LogP contribution is 2.34. The minimum atomic E-state index is -0.252. The Balaban J connectivity index is 1.49. The maximum atomic E-state index is 12.7. The summed E-state index contributed by atoms with van der Waals surface area (Å²) in [6, 6.07) is 7.08. The number of hydrogen-bond donors (Lipinski definition) is 2. The lowest BCUT2D eigenvalue weighted by molar-refractivity contribution is -0.128. The highest BCUT2D eigenvalue weighted by molar-refractivity contribution is 7.20. The molecular weight excluding hydrogens is 500 g/mol. The van der Waals surface area contributed by atoms with E-state index in [1.165, 1.54) is 11.3 Å². The molecule has 12 nitrogen and oxygen atoms in total. The highest BCUT2D eigenvalue weighted by atomic mass is 32.1. The first kappa shape index (κ1) is 24.7. The number of ether oxygens (including phenoxy) is 3. The number of thiophene rings is 1. The Hall–Kier alpha value is -3.97. The number of carbonyl (C=O) groups is 2. The molecule has 13 heteroatoms. The Kier molecular flexibility index (Phi) is 7.32. The smallest absolute Gasteiger partial charge is 0.261 e. The Morgan fingerprint density at radius 1 is 1.24 bits per heavy atom. The predicted molar refractivity (Wildman–Crippen MR) is 136 cm³/mol. The van der Waals surface area contributed by atoms with E-state index < -0.39 is 0 Å². The van der Waals surface area contributed by atoms with Crippen LogP contribution >= 0.6 is 11.3 Å². The highest BCUT2D eigenvalue weighted by Gasteiger charge is 2.23. The summed E-state index contributed by atoms with van der Waals surface area (Å²) in [6.07, 6.45) is 1.41. The molecule has 0 bridgehead atoms. The molecule has 0 radical (unpaired) electrons. The minimum Gasteiger partial charge on any atom is -0.454 e. The second-order valence-corrected chi connectivity index (χ2v) is 9.36. The molecule has 1 aromatic carbocycles. The van der Waals surface area contributed by atoms with E-state index in [2.05, 4.69) is 20.4 Å². The second kappa shape index (κ2) is 11.0. The van der Waals surface area contributed by atoms with Crippen LogP contribution in [0.4, 0.5) is 5.95 Å². The Morgan fingerprint density at radius 2 is 2.11 bits per heavy atom. The van der Waals surface area contributed by atoms with Gasteiger partial charge in [-0.3, -0.25) is 9.59 Å². The van der Waals surface area contributed by atoms with E-state index in [9.17, 15) is 9.59 Å². The van der Waals surface area contributed by atoms with Crippen LogP contribution in [-0.2, 0) is 14.4 Å². The van der Waals surface area contributed by atoms with Crippen LogP contribution in [-0.4, -0.2) is 79.1 Å². The first-order chi connectivity index (χ1) is 18.0. The van der Waals surface area contributed by atoms with Gasteiger partial charge in [0.25, 0.3) is 5.91 Å². The van der Waals surface area contributed by atoms with Gasteiger partial charge in [0, 0.05) is 37.6 Å². The van der Waals surface area contributed by atoms with Crippen molar-refractivity contribution in [2.45, 2.75) is 12.8 Å². The van der Waals surface area contributed by atoms with Gasteiger partial charge < -0.3 is 35.0 Å². The number of fused-ring (bicyclic) bond motifs is 2. The van der Waals surface area contributed by atoms with Gasteiger partial charge in [-0.15, -0.1) is 11.3 Å². The maximum absolute atomic E-state index is 12.7. The predicted octanol–water partition coefficient (Wildman–Crippen LogP) is 1.77. The van der Waals surface area contributed by atoms with Crippen molar-refractivity contribution < 1.29 is 28.6 Å². The number of nitrogens with zero attached hydrogens (tertiary/aromatic N) is 4. The van der Waals surface area contributed by atoms with Crippen molar-refractivity contribution >= 4 is 45.0 Å². The van der Waals surface area contributed by atoms with E-state index in [1.807, 2.05) is 6.07 Å². The Labute approximate surface area is 216 Å². The fourth-order valence-electron chi connectivity index (χ4n) is 4.06. The average Bonchev–Trinajstić information content (AvgIpc) is 3.63. The van der Waals surface area contributed by atoms with Gasteiger partial charge in [-0.1, -0.05) is 5.16 Å². The molecule has 194 valence electrons. The third-order valence-corrected chi connectivity index (χ3v) is 6.90. The van der Waals surface area contributed by atoms with Crippen LogP contribution in [0.15, 0.2) is 29.4 Å². The number of likely N-dealkylation sites (tertiary alicyclic amines) is 1. The summed E-state index contributed by atoms with van der Waals surface area (Å²) < 4.78 is 16.0. The molecule has 2 aliphatic rings. The van der Waals surface area contributed by atoms with E-state index in [1.54, 1.807) is 30.2 Å². The molecule has 2 aromatic heterocycles. The molecule has 3 aromatic rings.